The number of rotatable bonds is 3. The molecule has 0 aromatic rings. The summed E-state index contributed by atoms with van der Waals surface area (Å²) in [5, 5.41) is 10.0. The number of ether oxygens (including phenoxy) is 2. The van der Waals surface area contributed by atoms with Gasteiger partial charge in [-0.3, -0.25) is 0 Å². The van der Waals surface area contributed by atoms with E-state index in [4.69, 9.17) is 9.47 Å². The van der Waals surface area contributed by atoms with Crippen LogP contribution in [0.1, 0.15) is 48.0 Å². The summed E-state index contributed by atoms with van der Waals surface area (Å²) in [5.41, 5.74) is 0.620. The number of hydrogen-bond donors (Lipinski definition) is 1. The SMILES string of the molecule is CC[C@@H](O)[C@H]1OC(C)(C)O[C@@]1(C)C=C(C)C. The smallest absolute Gasteiger partial charge is 0.164 e. The number of hydrogen-bond acceptors (Lipinski definition) is 3. The molecule has 3 atom stereocenters. The van der Waals surface area contributed by atoms with E-state index in [1.807, 2.05) is 47.6 Å². The topological polar surface area (TPSA) is 38.7 Å². The zero-order valence-electron chi connectivity index (χ0n) is 11.2. The second-order valence-corrected chi connectivity index (χ2v) is 5.42. The summed E-state index contributed by atoms with van der Waals surface area (Å²) >= 11 is 0. The van der Waals surface area contributed by atoms with E-state index in [1.165, 1.54) is 0 Å². The van der Waals surface area contributed by atoms with Crippen LogP contribution in [-0.2, 0) is 9.47 Å². The highest BCUT2D eigenvalue weighted by atomic mass is 16.8. The van der Waals surface area contributed by atoms with E-state index in [-0.39, 0.29) is 6.10 Å². The molecular formula is C13H24O3. The molecule has 0 unspecified atom stereocenters. The molecule has 1 rings (SSSR count). The number of aliphatic hydroxyl groups is 1. The molecule has 1 heterocycles. The van der Waals surface area contributed by atoms with Gasteiger partial charge < -0.3 is 14.6 Å². The first-order valence-electron chi connectivity index (χ1n) is 5.92. The highest BCUT2D eigenvalue weighted by molar-refractivity contribution is 5.13. The lowest BCUT2D eigenvalue weighted by Crippen LogP contribution is -2.43. The summed E-state index contributed by atoms with van der Waals surface area (Å²) in [6.45, 7) is 11.7. The van der Waals surface area contributed by atoms with Crippen LogP contribution in [-0.4, -0.2) is 28.7 Å². The normalized spacial score (nSPS) is 34.8. The molecule has 0 amide bonds. The molecule has 0 spiro atoms. The Bertz CT molecular complexity index is 279. The van der Waals surface area contributed by atoms with E-state index in [0.29, 0.717) is 6.42 Å². The van der Waals surface area contributed by atoms with Gasteiger partial charge in [-0.15, -0.1) is 0 Å². The minimum absolute atomic E-state index is 0.303. The van der Waals surface area contributed by atoms with Gasteiger partial charge in [0.15, 0.2) is 5.79 Å². The van der Waals surface area contributed by atoms with E-state index in [9.17, 15) is 5.11 Å². The molecule has 3 nitrogen and oxygen atoms in total. The van der Waals surface area contributed by atoms with Crippen molar-refractivity contribution < 1.29 is 14.6 Å². The third kappa shape index (κ3) is 2.84. The van der Waals surface area contributed by atoms with Crippen LogP contribution in [0.5, 0.6) is 0 Å². The standard InChI is InChI=1S/C13H24O3/c1-7-10(14)11-13(6,8-9(2)3)16-12(4,5)15-11/h8,10-11,14H,7H2,1-6H3/t10-,11-,13+/m1/s1. The molecule has 1 aliphatic rings. The lowest BCUT2D eigenvalue weighted by atomic mass is 9.92. The van der Waals surface area contributed by atoms with Crippen molar-refractivity contribution in [1.29, 1.82) is 0 Å². The Kier molecular flexibility index (Phi) is 3.83. The van der Waals surface area contributed by atoms with E-state index in [0.717, 1.165) is 5.57 Å². The monoisotopic (exact) mass is 228 g/mol. The fourth-order valence-electron chi connectivity index (χ4n) is 2.39. The number of aliphatic hydroxyl groups excluding tert-OH is 1. The fourth-order valence-corrected chi connectivity index (χ4v) is 2.39. The van der Waals surface area contributed by atoms with Gasteiger partial charge in [-0.2, -0.15) is 0 Å². The van der Waals surface area contributed by atoms with Crippen LogP contribution in [0.4, 0.5) is 0 Å². The Balaban J connectivity index is 3.00. The fraction of sp³-hybridized carbons (Fsp3) is 0.846. The van der Waals surface area contributed by atoms with E-state index < -0.39 is 17.5 Å². The molecule has 0 bridgehead atoms. The van der Waals surface area contributed by atoms with Gasteiger partial charge in [0, 0.05) is 0 Å². The molecule has 0 radical (unpaired) electrons. The second kappa shape index (κ2) is 4.47. The summed E-state index contributed by atoms with van der Waals surface area (Å²) in [4.78, 5) is 0. The molecule has 0 aliphatic carbocycles. The van der Waals surface area contributed by atoms with Gasteiger partial charge >= 0.3 is 0 Å². The van der Waals surface area contributed by atoms with Crippen molar-refractivity contribution in [2.75, 3.05) is 0 Å². The Labute approximate surface area is 98.4 Å². The zero-order chi connectivity index (χ0) is 12.6. The van der Waals surface area contributed by atoms with Crippen LogP contribution in [0.25, 0.3) is 0 Å². The third-order valence-electron chi connectivity index (χ3n) is 2.78. The van der Waals surface area contributed by atoms with Gasteiger partial charge in [-0.05, 0) is 41.0 Å². The lowest BCUT2D eigenvalue weighted by Gasteiger charge is -2.28. The van der Waals surface area contributed by atoms with Gasteiger partial charge in [-0.25, -0.2) is 0 Å². The highest BCUT2D eigenvalue weighted by Crippen LogP contribution is 2.39. The summed E-state index contributed by atoms with van der Waals surface area (Å²) in [6.07, 6.45) is 1.89. The van der Waals surface area contributed by atoms with Gasteiger partial charge in [0.2, 0.25) is 0 Å². The highest BCUT2D eigenvalue weighted by Gasteiger charge is 2.51. The Morgan fingerprint density at radius 1 is 1.38 bits per heavy atom. The maximum Gasteiger partial charge on any atom is 0.164 e. The molecule has 0 aromatic heterocycles. The van der Waals surface area contributed by atoms with Crippen LogP contribution in [0, 0.1) is 0 Å². The summed E-state index contributed by atoms with van der Waals surface area (Å²) in [7, 11) is 0. The first kappa shape index (κ1) is 13.7. The summed E-state index contributed by atoms with van der Waals surface area (Å²) in [6, 6.07) is 0. The average molecular weight is 228 g/mol. The number of allylic oxidation sites excluding steroid dienone is 1. The minimum Gasteiger partial charge on any atom is -0.390 e. The molecule has 3 heteroatoms. The average Bonchev–Trinajstić information content (AvgIpc) is 2.33. The molecule has 1 fully saturated rings. The van der Waals surface area contributed by atoms with Crippen LogP contribution in [0.15, 0.2) is 11.6 Å². The maximum atomic E-state index is 10.0. The summed E-state index contributed by atoms with van der Waals surface area (Å²) < 4.78 is 11.7. The summed E-state index contributed by atoms with van der Waals surface area (Å²) in [5.74, 6) is -0.637. The molecule has 0 saturated carbocycles. The second-order valence-electron chi connectivity index (χ2n) is 5.42. The van der Waals surface area contributed by atoms with Crippen LogP contribution in [0.3, 0.4) is 0 Å². The van der Waals surface area contributed by atoms with Crippen molar-refractivity contribution >= 4 is 0 Å². The van der Waals surface area contributed by atoms with E-state index in [1.54, 1.807) is 0 Å². The third-order valence-corrected chi connectivity index (χ3v) is 2.78. The largest absolute Gasteiger partial charge is 0.390 e. The zero-order valence-corrected chi connectivity index (χ0v) is 11.2. The van der Waals surface area contributed by atoms with Gasteiger partial charge in [-0.1, -0.05) is 18.6 Å². The molecule has 1 aliphatic heterocycles. The molecule has 16 heavy (non-hydrogen) atoms. The maximum absolute atomic E-state index is 10.0. The van der Waals surface area contributed by atoms with Gasteiger partial charge in [0.05, 0.1) is 6.10 Å². The van der Waals surface area contributed by atoms with Crippen LogP contribution >= 0.6 is 0 Å². The van der Waals surface area contributed by atoms with Gasteiger partial charge in [0.1, 0.15) is 11.7 Å². The Hall–Kier alpha value is -0.380. The predicted molar refractivity (Wildman–Crippen MR) is 64.2 cm³/mol. The molecule has 94 valence electrons. The molecular weight excluding hydrogens is 204 g/mol. The van der Waals surface area contributed by atoms with Gasteiger partial charge in [0.25, 0.3) is 0 Å². The van der Waals surface area contributed by atoms with Crippen LogP contribution in [0.2, 0.25) is 0 Å². The predicted octanol–water partition coefficient (Wildman–Crippen LogP) is 2.63. The Morgan fingerprint density at radius 3 is 2.38 bits per heavy atom. The van der Waals surface area contributed by atoms with Crippen molar-refractivity contribution in [3.8, 4) is 0 Å². The first-order valence-corrected chi connectivity index (χ1v) is 5.92. The Morgan fingerprint density at radius 2 is 1.94 bits per heavy atom. The quantitative estimate of drug-likeness (QED) is 0.755. The van der Waals surface area contributed by atoms with Crippen molar-refractivity contribution in [2.45, 2.75) is 71.6 Å². The van der Waals surface area contributed by atoms with Crippen molar-refractivity contribution in [3.63, 3.8) is 0 Å². The van der Waals surface area contributed by atoms with Crippen molar-refractivity contribution in [1.82, 2.24) is 0 Å². The molecule has 0 aromatic carbocycles. The molecule has 1 saturated heterocycles. The van der Waals surface area contributed by atoms with Crippen LogP contribution < -0.4 is 0 Å². The minimum atomic E-state index is -0.637. The van der Waals surface area contributed by atoms with Crippen molar-refractivity contribution in [2.24, 2.45) is 0 Å². The lowest BCUT2D eigenvalue weighted by molar-refractivity contribution is -0.159. The van der Waals surface area contributed by atoms with Crippen molar-refractivity contribution in [3.05, 3.63) is 11.6 Å². The molecule has 1 N–H and O–H groups in total. The first-order chi connectivity index (χ1) is 7.20. The van der Waals surface area contributed by atoms with E-state index in [2.05, 4.69) is 0 Å². The van der Waals surface area contributed by atoms with E-state index >= 15 is 0 Å².